The van der Waals surface area contributed by atoms with Gasteiger partial charge in [-0.15, -0.1) is 11.3 Å². The zero-order chi connectivity index (χ0) is 34.9. The van der Waals surface area contributed by atoms with Crippen molar-refractivity contribution in [2.45, 2.75) is 0 Å². The molecule has 11 rings (SSSR count). The molecule has 0 radical (unpaired) electrons. The molecule has 0 fully saturated rings. The molecule has 0 saturated heterocycles. The third-order valence-corrected chi connectivity index (χ3v) is 11.7. The van der Waals surface area contributed by atoms with Gasteiger partial charge in [0.25, 0.3) is 0 Å². The Kier molecular flexibility index (Phi) is 6.73. The van der Waals surface area contributed by atoms with E-state index in [9.17, 15) is 0 Å². The van der Waals surface area contributed by atoms with Crippen LogP contribution in [0.1, 0.15) is 0 Å². The lowest BCUT2D eigenvalue weighted by Gasteiger charge is -2.13. The normalized spacial score (nSPS) is 11.8. The molecule has 2 aromatic heterocycles. The molecule has 0 amide bonds. The summed E-state index contributed by atoms with van der Waals surface area (Å²) in [5, 5.41) is 12.1. The summed E-state index contributed by atoms with van der Waals surface area (Å²) in [7, 11) is 0. The summed E-state index contributed by atoms with van der Waals surface area (Å²) in [6.45, 7) is 0. The summed E-state index contributed by atoms with van der Waals surface area (Å²) in [4.78, 5) is 15.8. The Morgan fingerprint density at radius 3 is 1.74 bits per heavy atom. The van der Waals surface area contributed by atoms with E-state index < -0.39 is 0 Å². The second-order valence-electron chi connectivity index (χ2n) is 13.6. The van der Waals surface area contributed by atoms with Crippen LogP contribution in [0.25, 0.3) is 109 Å². The number of aromatic nitrogens is 3. The van der Waals surface area contributed by atoms with Crippen molar-refractivity contribution in [3.8, 4) is 45.3 Å². The lowest BCUT2D eigenvalue weighted by Crippen LogP contribution is -2.01. The van der Waals surface area contributed by atoms with Crippen molar-refractivity contribution in [2.75, 3.05) is 0 Å². The van der Waals surface area contributed by atoms with Gasteiger partial charge in [-0.1, -0.05) is 158 Å². The van der Waals surface area contributed by atoms with Crippen LogP contribution in [0.4, 0.5) is 0 Å². The minimum absolute atomic E-state index is 0.649. The molecule has 4 heteroatoms. The maximum absolute atomic E-state index is 5.29. The standard InChI is InChI=1S/C49H29N3S/c1-2-11-34-29-35(24-21-30(34)9-1)31-19-22-33(23-20-31)47-50-48(52-49(51-47)43-16-8-18-45-46(43)42-13-5-6-17-44(42)53-45)41-15-7-14-37-39-26-25-32-10-3-4-12-36(32)38(39)27-28-40(37)41/h1-29H. The smallest absolute Gasteiger partial charge is 0.164 e. The summed E-state index contributed by atoms with van der Waals surface area (Å²) in [5.74, 6) is 1.97. The molecule has 3 nitrogen and oxygen atoms in total. The number of fused-ring (bicyclic) bond motifs is 9. The minimum atomic E-state index is 0.649. The average molecular weight is 692 g/mol. The lowest BCUT2D eigenvalue weighted by molar-refractivity contribution is 1.08. The molecular formula is C49H29N3S. The first kappa shape index (κ1) is 29.9. The number of rotatable bonds is 4. The van der Waals surface area contributed by atoms with Crippen LogP contribution in [-0.4, -0.2) is 15.0 Å². The molecule has 246 valence electrons. The quantitative estimate of drug-likeness (QED) is 0.172. The van der Waals surface area contributed by atoms with Gasteiger partial charge in [-0.05, 0) is 72.4 Å². The summed E-state index contributed by atoms with van der Waals surface area (Å²) in [6, 6.07) is 62.8. The lowest BCUT2D eigenvalue weighted by atomic mass is 9.95. The highest BCUT2D eigenvalue weighted by Gasteiger charge is 2.18. The second kappa shape index (κ2) is 11.9. The third kappa shape index (κ3) is 4.91. The van der Waals surface area contributed by atoms with Crippen LogP contribution in [0.3, 0.4) is 0 Å². The molecule has 2 heterocycles. The Labute approximate surface area is 309 Å². The van der Waals surface area contributed by atoms with Crippen LogP contribution < -0.4 is 0 Å². The van der Waals surface area contributed by atoms with E-state index in [2.05, 4.69) is 176 Å². The molecular weight excluding hydrogens is 663 g/mol. The average Bonchev–Trinajstić information content (AvgIpc) is 3.62. The predicted molar refractivity (Wildman–Crippen MR) is 224 cm³/mol. The molecule has 11 aromatic rings. The van der Waals surface area contributed by atoms with Crippen molar-refractivity contribution >= 4 is 74.6 Å². The zero-order valence-corrected chi connectivity index (χ0v) is 29.3. The van der Waals surface area contributed by atoms with Crippen LogP contribution in [0.5, 0.6) is 0 Å². The predicted octanol–water partition coefficient (Wildman–Crippen LogP) is 13.5. The molecule has 0 unspecified atom stereocenters. The molecule has 9 aromatic carbocycles. The number of benzene rings is 9. The van der Waals surface area contributed by atoms with Crippen molar-refractivity contribution in [3.63, 3.8) is 0 Å². The van der Waals surface area contributed by atoms with Crippen LogP contribution in [0, 0.1) is 0 Å². The number of thiophene rings is 1. The summed E-state index contributed by atoms with van der Waals surface area (Å²) < 4.78 is 2.47. The van der Waals surface area contributed by atoms with Gasteiger partial charge in [0.2, 0.25) is 0 Å². The van der Waals surface area contributed by atoms with Gasteiger partial charge in [0.1, 0.15) is 0 Å². The van der Waals surface area contributed by atoms with E-state index in [1.165, 1.54) is 63.4 Å². The first-order chi connectivity index (χ1) is 26.2. The van der Waals surface area contributed by atoms with Crippen molar-refractivity contribution in [1.82, 2.24) is 15.0 Å². The highest BCUT2D eigenvalue weighted by atomic mass is 32.1. The van der Waals surface area contributed by atoms with E-state index in [1.54, 1.807) is 11.3 Å². The Hall–Kier alpha value is -6.75. The Balaban J connectivity index is 1.12. The third-order valence-electron chi connectivity index (χ3n) is 10.5. The van der Waals surface area contributed by atoms with Gasteiger partial charge in [-0.2, -0.15) is 0 Å². The maximum Gasteiger partial charge on any atom is 0.164 e. The largest absolute Gasteiger partial charge is 0.208 e. The fourth-order valence-electron chi connectivity index (χ4n) is 7.94. The Bertz CT molecular complexity index is 3230. The first-order valence-electron chi connectivity index (χ1n) is 17.9. The topological polar surface area (TPSA) is 38.7 Å². The SMILES string of the molecule is c1ccc2cc(-c3ccc(-c4nc(-c5cccc6c5ccc5c7ccccc7ccc65)nc(-c5cccc6sc7ccccc7c56)n4)cc3)ccc2c1. The van der Waals surface area contributed by atoms with E-state index in [1.807, 2.05) is 0 Å². The summed E-state index contributed by atoms with van der Waals surface area (Å²) in [5.41, 5.74) is 5.27. The molecule has 0 aliphatic carbocycles. The van der Waals surface area contributed by atoms with Crippen molar-refractivity contribution in [2.24, 2.45) is 0 Å². The van der Waals surface area contributed by atoms with Gasteiger partial charge in [0.15, 0.2) is 17.5 Å². The van der Waals surface area contributed by atoms with Gasteiger partial charge >= 0.3 is 0 Å². The fraction of sp³-hybridized carbons (Fsp3) is 0. The summed E-state index contributed by atoms with van der Waals surface area (Å²) >= 11 is 1.80. The van der Waals surface area contributed by atoms with Crippen LogP contribution in [0.15, 0.2) is 176 Å². The molecule has 0 aliphatic heterocycles. The van der Waals surface area contributed by atoms with Crippen molar-refractivity contribution in [3.05, 3.63) is 176 Å². The van der Waals surface area contributed by atoms with Crippen molar-refractivity contribution in [1.29, 1.82) is 0 Å². The number of hydrogen-bond acceptors (Lipinski definition) is 4. The minimum Gasteiger partial charge on any atom is -0.208 e. The number of hydrogen-bond donors (Lipinski definition) is 0. The van der Waals surface area contributed by atoms with Gasteiger partial charge < -0.3 is 0 Å². The highest BCUT2D eigenvalue weighted by molar-refractivity contribution is 7.25. The Morgan fingerprint density at radius 1 is 0.302 bits per heavy atom. The van der Waals surface area contributed by atoms with Crippen molar-refractivity contribution < 1.29 is 0 Å². The Morgan fingerprint density at radius 2 is 0.849 bits per heavy atom. The highest BCUT2D eigenvalue weighted by Crippen LogP contribution is 2.41. The van der Waals surface area contributed by atoms with Gasteiger partial charge in [0, 0.05) is 36.9 Å². The molecule has 0 spiro atoms. The van der Waals surface area contributed by atoms with E-state index in [-0.39, 0.29) is 0 Å². The van der Waals surface area contributed by atoms with E-state index in [0.29, 0.717) is 17.5 Å². The summed E-state index contributed by atoms with van der Waals surface area (Å²) in [6.07, 6.45) is 0. The molecule has 0 aliphatic rings. The van der Waals surface area contributed by atoms with Crippen LogP contribution >= 0.6 is 11.3 Å². The molecule has 0 saturated carbocycles. The van der Waals surface area contributed by atoms with Crippen LogP contribution in [-0.2, 0) is 0 Å². The molecule has 0 atom stereocenters. The zero-order valence-electron chi connectivity index (χ0n) is 28.5. The number of nitrogens with zero attached hydrogens (tertiary/aromatic N) is 3. The molecule has 53 heavy (non-hydrogen) atoms. The maximum atomic E-state index is 5.29. The van der Waals surface area contributed by atoms with Crippen LogP contribution in [0.2, 0.25) is 0 Å². The van der Waals surface area contributed by atoms with E-state index in [4.69, 9.17) is 15.0 Å². The first-order valence-corrected chi connectivity index (χ1v) is 18.7. The molecule has 0 N–H and O–H groups in total. The second-order valence-corrected chi connectivity index (χ2v) is 14.7. The van der Waals surface area contributed by atoms with Gasteiger partial charge in [-0.3, -0.25) is 0 Å². The molecule has 0 bridgehead atoms. The van der Waals surface area contributed by atoms with E-state index >= 15 is 0 Å². The fourth-order valence-corrected chi connectivity index (χ4v) is 9.07. The van der Waals surface area contributed by atoms with Gasteiger partial charge in [0.05, 0.1) is 0 Å². The monoisotopic (exact) mass is 691 g/mol. The van der Waals surface area contributed by atoms with E-state index in [0.717, 1.165) is 27.6 Å². The van der Waals surface area contributed by atoms with Gasteiger partial charge in [-0.25, -0.2) is 15.0 Å².